The van der Waals surface area contributed by atoms with Gasteiger partial charge in [-0.25, -0.2) is 9.03 Å². The second kappa shape index (κ2) is 4.61. The molecule has 0 aromatic heterocycles. The molecular weight excluding hydrogens is 210 g/mol. The summed E-state index contributed by atoms with van der Waals surface area (Å²) in [5, 5.41) is 0. The van der Waals surface area contributed by atoms with E-state index in [-0.39, 0.29) is 0 Å². The highest BCUT2D eigenvalue weighted by molar-refractivity contribution is 7.96. The van der Waals surface area contributed by atoms with E-state index in [9.17, 15) is 8.42 Å². The third-order valence-corrected chi connectivity index (χ3v) is 4.50. The van der Waals surface area contributed by atoms with Gasteiger partial charge in [0.15, 0.2) is 0 Å². The molecule has 13 heavy (non-hydrogen) atoms. The minimum absolute atomic E-state index is 0.573. The van der Waals surface area contributed by atoms with Crippen molar-refractivity contribution in [3.05, 3.63) is 0 Å². The summed E-state index contributed by atoms with van der Waals surface area (Å²) in [5.41, 5.74) is 0. The summed E-state index contributed by atoms with van der Waals surface area (Å²) in [6.07, 6.45) is 2.00. The summed E-state index contributed by atoms with van der Waals surface area (Å²) < 4.78 is 28.6. The van der Waals surface area contributed by atoms with Crippen LogP contribution in [-0.2, 0) is 10.2 Å². The van der Waals surface area contributed by atoms with Crippen molar-refractivity contribution in [1.29, 1.82) is 0 Å². The van der Waals surface area contributed by atoms with Gasteiger partial charge in [0.2, 0.25) is 0 Å². The number of nitrogens with zero attached hydrogens (tertiary/aromatic N) is 2. The molecule has 0 spiro atoms. The summed E-state index contributed by atoms with van der Waals surface area (Å²) in [4.78, 5) is 0. The highest BCUT2D eigenvalue weighted by Crippen LogP contribution is 2.11. The Kier molecular flexibility index (Phi) is 3.99. The number of rotatable bonds is 3. The molecule has 0 aromatic carbocycles. The molecule has 0 aliphatic carbocycles. The molecule has 1 heterocycles. The smallest absolute Gasteiger partial charge is 0.248 e. The van der Waals surface area contributed by atoms with E-state index >= 15 is 0 Å². The van der Waals surface area contributed by atoms with Crippen LogP contribution in [0.15, 0.2) is 0 Å². The standard InChI is InChI=1S/C6H15N3O2S2/c1-7-13(10,11)9-5-3-8(12-2)4-6-9/h7H,3-6H2,1-2H3. The van der Waals surface area contributed by atoms with Crippen LogP contribution in [0, 0.1) is 0 Å². The lowest BCUT2D eigenvalue weighted by atomic mass is 10.4. The Morgan fingerprint density at radius 1 is 1.23 bits per heavy atom. The predicted molar refractivity (Wildman–Crippen MR) is 54.6 cm³/mol. The van der Waals surface area contributed by atoms with Crippen LogP contribution in [0.5, 0.6) is 0 Å². The maximum absolute atomic E-state index is 11.3. The molecule has 1 saturated heterocycles. The molecule has 0 unspecified atom stereocenters. The Bertz CT molecular complexity index is 247. The Hall–Kier alpha value is 0.180. The minimum atomic E-state index is -3.21. The van der Waals surface area contributed by atoms with Crippen LogP contribution >= 0.6 is 11.9 Å². The lowest BCUT2D eigenvalue weighted by molar-refractivity contribution is 0.287. The number of piperazine rings is 1. The van der Waals surface area contributed by atoms with E-state index < -0.39 is 10.2 Å². The molecule has 1 aliphatic rings. The largest absolute Gasteiger partial charge is 0.279 e. The third-order valence-electron chi connectivity index (χ3n) is 2.05. The monoisotopic (exact) mass is 225 g/mol. The zero-order valence-corrected chi connectivity index (χ0v) is 9.49. The average molecular weight is 225 g/mol. The van der Waals surface area contributed by atoms with Crippen LogP contribution in [0.4, 0.5) is 0 Å². The van der Waals surface area contributed by atoms with Gasteiger partial charge in [0.05, 0.1) is 0 Å². The van der Waals surface area contributed by atoms with Crippen LogP contribution in [-0.4, -0.2) is 56.5 Å². The fourth-order valence-electron chi connectivity index (χ4n) is 1.22. The SMILES string of the molecule is CNS(=O)(=O)N1CCN(SC)CC1. The summed E-state index contributed by atoms with van der Waals surface area (Å²) in [5.74, 6) is 0. The van der Waals surface area contributed by atoms with Gasteiger partial charge in [-0.15, -0.1) is 0 Å². The summed E-state index contributed by atoms with van der Waals surface area (Å²) in [6.45, 7) is 2.73. The van der Waals surface area contributed by atoms with Crippen LogP contribution in [0.3, 0.4) is 0 Å². The van der Waals surface area contributed by atoms with E-state index in [2.05, 4.69) is 9.03 Å². The van der Waals surface area contributed by atoms with Crippen molar-refractivity contribution in [2.24, 2.45) is 0 Å². The molecule has 0 atom stereocenters. The summed E-state index contributed by atoms with van der Waals surface area (Å²) >= 11 is 1.66. The maximum Gasteiger partial charge on any atom is 0.279 e. The second-order valence-electron chi connectivity index (χ2n) is 2.72. The van der Waals surface area contributed by atoms with Crippen LogP contribution in [0.2, 0.25) is 0 Å². The Morgan fingerprint density at radius 3 is 2.15 bits per heavy atom. The molecule has 0 saturated carbocycles. The van der Waals surface area contributed by atoms with E-state index in [0.717, 1.165) is 13.1 Å². The molecule has 0 amide bonds. The van der Waals surface area contributed by atoms with E-state index in [1.165, 1.54) is 11.4 Å². The fourth-order valence-corrected chi connectivity index (χ4v) is 2.65. The lowest BCUT2D eigenvalue weighted by Crippen LogP contribution is -2.49. The maximum atomic E-state index is 11.3. The highest BCUT2D eigenvalue weighted by Gasteiger charge is 2.24. The number of hydrogen-bond donors (Lipinski definition) is 1. The fraction of sp³-hybridized carbons (Fsp3) is 1.00. The topological polar surface area (TPSA) is 52.7 Å². The van der Waals surface area contributed by atoms with Crippen molar-refractivity contribution in [1.82, 2.24) is 13.3 Å². The van der Waals surface area contributed by atoms with E-state index in [0.29, 0.717) is 13.1 Å². The van der Waals surface area contributed by atoms with Crippen molar-refractivity contribution in [2.75, 3.05) is 39.5 Å². The molecule has 1 aliphatic heterocycles. The zero-order chi connectivity index (χ0) is 9.90. The first kappa shape index (κ1) is 11.3. The molecule has 1 N–H and O–H groups in total. The van der Waals surface area contributed by atoms with E-state index in [1.54, 1.807) is 11.9 Å². The van der Waals surface area contributed by atoms with Gasteiger partial charge >= 0.3 is 0 Å². The third kappa shape index (κ3) is 2.81. The number of nitrogens with one attached hydrogen (secondary N) is 1. The molecule has 78 valence electrons. The van der Waals surface area contributed by atoms with Crippen molar-refractivity contribution in [3.63, 3.8) is 0 Å². The van der Waals surface area contributed by atoms with E-state index in [4.69, 9.17) is 0 Å². The van der Waals surface area contributed by atoms with Crippen molar-refractivity contribution in [2.45, 2.75) is 0 Å². The first-order valence-electron chi connectivity index (χ1n) is 4.08. The van der Waals surface area contributed by atoms with Gasteiger partial charge in [0.1, 0.15) is 0 Å². The quantitative estimate of drug-likeness (QED) is 0.648. The van der Waals surface area contributed by atoms with Gasteiger partial charge < -0.3 is 0 Å². The van der Waals surface area contributed by atoms with Gasteiger partial charge in [-0.05, 0) is 6.26 Å². The van der Waals surface area contributed by atoms with Crippen LogP contribution in [0.25, 0.3) is 0 Å². The molecule has 0 bridgehead atoms. The van der Waals surface area contributed by atoms with Crippen molar-refractivity contribution >= 4 is 22.2 Å². The molecule has 1 fully saturated rings. The van der Waals surface area contributed by atoms with Crippen molar-refractivity contribution < 1.29 is 8.42 Å². The van der Waals surface area contributed by atoms with Gasteiger partial charge in [0, 0.05) is 33.2 Å². The number of hydrogen-bond acceptors (Lipinski definition) is 4. The minimum Gasteiger partial charge on any atom is -0.248 e. The summed E-state index contributed by atoms with van der Waals surface area (Å²) in [6, 6.07) is 0. The normalized spacial score (nSPS) is 22.0. The van der Waals surface area contributed by atoms with Crippen LogP contribution < -0.4 is 4.72 Å². The van der Waals surface area contributed by atoms with Gasteiger partial charge in [-0.1, -0.05) is 11.9 Å². The van der Waals surface area contributed by atoms with E-state index in [1.807, 2.05) is 6.26 Å². The lowest BCUT2D eigenvalue weighted by Gasteiger charge is -2.31. The highest BCUT2D eigenvalue weighted by atomic mass is 32.2. The Balaban J connectivity index is 2.50. The molecule has 5 nitrogen and oxygen atoms in total. The summed E-state index contributed by atoms with van der Waals surface area (Å²) in [7, 11) is -1.76. The van der Waals surface area contributed by atoms with Gasteiger partial charge in [-0.2, -0.15) is 12.7 Å². The Morgan fingerprint density at radius 2 is 1.77 bits per heavy atom. The molecule has 0 radical (unpaired) electrons. The second-order valence-corrected chi connectivity index (χ2v) is 5.48. The van der Waals surface area contributed by atoms with Crippen LogP contribution in [0.1, 0.15) is 0 Å². The molecule has 7 heteroatoms. The predicted octanol–water partition coefficient (Wildman–Crippen LogP) is -0.654. The molecular formula is C6H15N3O2S2. The van der Waals surface area contributed by atoms with Crippen molar-refractivity contribution in [3.8, 4) is 0 Å². The molecule has 0 aromatic rings. The average Bonchev–Trinajstić information content (AvgIpc) is 2.18. The first-order valence-corrected chi connectivity index (χ1v) is 6.70. The Labute approximate surface area is 83.8 Å². The first-order chi connectivity index (χ1) is 6.10. The molecule has 1 rings (SSSR count). The van der Waals surface area contributed by atoms with Gasteiger partial charge in [-0.3, -0.25) is 0 Å². The zero-order valence-electron chi connectivity index (χ0n) is 7.86. The van der Waals surface area contributed by atoms with Gasteiger partial charge in [0.25, 0.3) is 10.2 Å².